The van der Waals surface area contributed by atoms with Crippen LogP contribution in [0.3, 0.4) is 0 Å². The van der Waals surface area contributed by atoms with Gasteiger partial charge in [-0.25, -0.2) is 0 Å². The van der Waals surface area contributed by atoms with Gasteiger partial charge in [0, 0.05) is 16.2 Å². The molecule has 0 atom stereocenters. The Morgan fingerprint density at radius 1 is 1.13 bits per heavy atom. The third kappa shape index (κ3) is 5.48. The van der Waals surface area contributed by atoms with Crippen LogP contribution in [0.4, 0.5) is 5.69 Å². The van der Waals surface area contributed by atoms with E-state index in [4.69, 9.17) is 32.4 Å². The van der Waals surface area contributed by atoms with Crippen LogP contribution in [0, 0.1) is 6.92 Å². The van der Waals surface area contributed by atoms with Gasteiger partial charge in [-0.05, 0) is 60.5 Å². The lowest BCUT2D eigenvalue weighted by Gasteiger charge is -2.06. The van der Waals surface area contributed by atoms with Crippen LogP contribution in [0.2, 0.25) is 10.0 Å². The number of hydrogen-bond acceptors (Lipinski definition) is 4. The number of aryl methyl sites for hydroxylation is 1. The van der Waals surface area contributed by atoms with E-state index in [1.165, 1.54) is 0 Å². The van der Waals surface area contributed by atoms with E-state index >= 15 is 0 Å². The van der Waals surface area contributed by atoms with Crippen molar-refractivity contribution in [1.82, 2.24) is 9.78 Å². The first-order valence-electron chi connectivity index (χ1n) is 9.52. The Labute approximate surface area is 189 Å². The van der Waals surface area contributed by atoms with Crippen LogP contribution in [-0.4, -0.2) is 15.7 Å². The molecule has 0 fully saturated rings. The lowest BCUT2D eigenvalue weighted by Crippen LogP contribution is -2.10. The number of amides is 1. The zero-order chi connectivity index (χ0) is 21.8. The van der Waals surface area contributed by atoms with Crippen molar-refractivity contribution in [2.75, 3.05) is 5.32 Å². The summed E-state index contributed by atoms with van der Waals surface area (Å²) in [7, 11) is 0. The number of furan rings is 1. The molecule has 1 amide bonds. The number of nitrogens with one attached hydrogen (secondary N) is 1. The molecule has 0 saturated carbocycles. The van der Waals surface area contributed by atoms with Gasteiger partial charge in [-0.2, -0.15) is 5.10 Å². The molecule has 0 unspecified atom stereocenters. The first-order valence-corrected chi connectivity index (χ1v) is 10.3. The number of ether oxygens (including phenoxy) is 1. The SMILES string of the molecule is Cc1cc(OCc2ccc(C(=O)Nc3cnn(Cc4ccc(Cl)cc4)c3)o2)ccc1Cl. The van der Waals surface area contributed by atoms with Gasteiger partial charge in [0.25, 0.3) is 5.91 Å². The summed E-state index contributed by atoms with van der Waals surface area (Å²) in [6, 6.07) is 16.3. The Kier molecular flexibility index (Phi) is 6.30. The van der Waals surface area contributed by atoms with Crippen LogP contribution in [0.25, 0.3) is 0 Å². The highest BCUT2D eigenvalue weighted by molar-refractivity contribution is 6.31. The average Bonchev–Trinajstić information content (AvgIpc) is 3.40. The molecule has 158 valence electrons. The van der Waals surface area contributed by atoms with E-state index < -0.39 is 0 Å². The number of aromatic nitrogens is 2. The Bertz CT molecular complexity index is 1200. The molecule has 0 aliphatic carbocycles. The van der Waals surface area contributed by atoms with Crippen molar-refractivity contribution in [1.29, 1.82) is 0 Å². The lowest BCUT2D eigenvalue weighted by molar-refractivity contribution is 0.0992. The minimum absolute atomic E-state index is 0.191. The van der Waals surface area contributed by atoms with Gasteiger partial charge in [-0.3, -0.25) is 9.48 Å². The number of rotatable bonds is 7. The molecular formula is C23H19Cl2N3O3. The molecule has 0 radical (unpaired) electrons. The highest BCUT2D eigenvalue weighted by atomic mass is 35.5. The minimum atomic E-state index is -0.361. The average molecular weight is 456 g/mol. The van der Waals surface area contributed by atoms with E-state index in [1.807, 2.05) is 37.3 Å². The second kappa shape index (κ2) is 9.29. The topological polar surface area (TPSA) is 69.3 Å². The number of carbonyl (C=O) groups is 1. The van der Waals surface area contributed by atoms with Crippen molar-refractivity contribution in [2.45, 2.75) is 20.1 Å². The predicted molar refractivity (Wildman–Crippen MR) is 120 cm³/mol. The second-order valence-electron chi connectivity index (χ2n) is 6.97. The summed E-state index contributed by atoms with van der Waals surface area (Å²) in [5.74, 6) is 1.05. The second-order valence-corrected chi connectivity index (χ2v) is 7.82. The number of anilines is 1. The molecule has 0 spiro atoms. The molecule has 4 rings (SSSR count). The van der Waals surface area contributed by atoms with E-state index in [0.717, 1.165) is 11.1 Å². The molecule has 0 bridgehead atoms. The van der Waals surface area contributed by atoms with Crippen LogP contribution in [0.1, 0.15) is 27.4 Å². The molecule has 31 heavy (non-hydrogen) atoms. The van der Waals surface area contributed by atoms with Crippen LogP contribution < -0.4 is 10.1 Å². The summed E-state index contributed by atoms with van der Waals surface area (Å²) in [5, 5.41) is 8.42. The molecular weight excluding hydrogens is 437 g/mol. The normalized spacial score (nSPS) is 10.8. The largest absolute Gasteiger partial charge is 0.486 e. The molecule has 0 aliphatic heterocycles. The quantitative estimate of drug-likeness (QED) is 0.372. The molecule has 8 heteroatoms. The van der Waals surface area contributed by atoms with E-state index in [0.29, 0.717) is 33.8 Å². The van der Waals surface area contributed by atoms with Crippen LogP contribution >= 0.6 is 23.2 Å². The van der Waals surface area contributed by atoms with Crippen molar-refractivity contribution in [2.24, 2.45) is 0 Å². The highest BCUT2D eigenvalue weighted by Crippen LogP contribution is 2.22. The maximum Gasteiger partial charge on any atom is 0.291 e. The van der Waals surface area contributed by atoms with E-state index in [1.54, 1.807) is 41.3 Å². The maximum atomic E-state index is 12.5. The summed E-state index contributed by atoms with van der Waals surface area (Å²) < 4.78 is 13.0. The molecule has 4 aromatic rings. The van der Waals surface area contributed by atoms with Crippen molar-refractivity contribution < 1.29 is 13.9 Å². The van der Waals surface area contributed by atoms with Crippen molar-refractivity contribution >= 4 is 34.8 Å². The van der Waals surface area contributed by atoms with Crippen molar-refractivity contribution in [3.63, 3.8) is 0 Å². The number of benzene rings is 2. The van der Waals surface area contributed by atoms with Crippen molar-refractivity contribution in [3.05, 3.63) is 99.7 Å². The number of nitrogens with zero attached hydrogens (tertiary/aromatic N) is 2. The fraction of sp³-hybridized carbons (Fsp3) is 0.130. The maximum absolute atomic E-state index is 12.5. The molecule has 1 N–H and O–H groups in total. The zero-order valence-electron chi connectivity index (χ0n) is 16.6. The zero-order valence-corrected chi connectivity index (χ0v) is 18.2. The van der Waals surface area contributed by atoms with Crippen LogP contribution in [0.5, 0.6) is 5.75 Å². The number of halogens is 2. The number of carbonyl (C=O) groups excluding carboxylic acids is 1. The summed E-state index contributed by atoms with van der Waals surface area (Å²) in [5.41, 5.74) is 2.55. The predicted octanol–water partition coefficient (Wildman–Crippen LogP) is 5.97. The standard InChI is InChI=1S/C23H19Cl2N3O3/c1-15-10-19(6-8-21(15)25)30-14-20-7-9-22(31-20)23(29)27-18-11-26-28(13-18)12-16-2-4-17(24)5-3-16/h2-11,13H,12,14H2,1H3,(H,27,29). The molecule has 2 aromatic carbocycles. The first-order chi connectivity index (χ1) is 15.0. The fourth-order valence-electron chi connectivity index (χ4n) is 2.92. The van der Waals surface area contributed by atoms with Gasteiger partial charge in [0.1, 0.15) is 18.1 Å². The third-order valence-corrected chi connectivity index (χ3v) is 5.22. The van der Waals surface area contributed by atoms with Gasteiger partial charge in [0.2, 0.25) is 0 Å². The van der Waals surface area contributed by atoms with Gasteiger partial charge in [-0.15, -0.1) is 0 Å². The third-order valence-electron chi connectivity index (χ3n) is 4.54. The Morgan fingerprint density at radius 2 is 1.94 bits per heavy atom. The molecule has 2 heterocycles. The van der Waals surface area contributed by atoms with Gasteiger partial charge in [0.15, 0.2) is 5.76 Å². The van der Waals surface area contributed by atoms with E-state index in [-0.39, 0.29) is 18.3 Å². The minimum Gasteiger partial charge on any atom is -0.486 e. The Hall–Kier alpha value is -3.22. The Morgan fingerprint density at radius 3 is 2.71 bits per heavy atom. The van der Waals surface area contributed by atoms with Crippen LogP contribution in [0.15, 0.2) is 71.4 Å². The number of hydrogen-bond donors (Lipinski definition) is 1. The van der Waals surface area contributed by atoms with Gasteiger partial charge in [-0.1, -0.05) is 35.3 Å². The molecule has 6 nitrogen and oxygen atoms in total. The fourth-order valence-corrected chi connectivity index (χ4v) is 3.17. The monoisotopic (exact) mass is 455 g/mol. The lowest BCUT2D eigenvalue weighted by atomic mass is 10.2. The van der Waals surface area contributed by atoms with Gasteiger partial charge >= 0.3 is 0 Å². The van der Waals surface area contributed by atoms with E-state index in [9.17, 15) is 4.79 Å². The highest BCUT2D eigenvalue weighted by Gasteiger charge is 2.13. The molecule has 0 aliphatic rings. The smallest absolute Gasteiger partial charge is 0.291 e. The van der Waals surface area contributed by atoms with Crippen LogP contribution in [-0.2, 0) is 13.2 Å². The Balaban J connectivity index is 1.33. The summed E-state index contributed by atoms with van der Waals surface area (Å²) in [6.45, 7) is 2.68. The summed E-state index contributed by atoms with van der Waals surface area (Å²) >= 11 is 11.9. The summed E-state index contributed by atoms with van der Waals surface area (Å²) in [6.07, 6.45) is 3.34. The van der Waals surface area contributed by atoms with Gasteiger partial charge < -0.3 is 14.5 Å². The summed E-state index contributed by atoms with van der Waals surface area (Å²) in [4.78, 5) is 12.5. The van der Waals surface area contributed by atoms with Gasteiger partial charge in [0.05, 0.1) is 18.4 Å². The molecule has 0 saturated heterocycles. The van der Waals surface area contributed by atoms with Crippen molar-refractivity contribution in [3.8, 4) is 5.75 Å². The van der Waals surface area contributed by atoms with E-state index in [2.05, 4.69) is 10.4 Å². The molecule has 2 aromatic heterocycles. The first kappa shape index (κ1) is 21.0.